The molecule has 0 bridgehead atoms. The predicted molar refractivity (Wildman–Crippen MR) is 46.8 cm³/mol. The quantitative estimate of drug-likeness (QED) is 0.489. The molecule has 68 valence electrons. The van der Waals surface area contributed by atoms with Crippen molar-refractivity contribution in [3.63, 3.8) is 0 Å². The van der Waals surface area contributed by atoms with Crippen LogP contribution < -0.4 is 0 Å². The van der Waals surface area contributed by atoms with Gasteiger partial charge in [0.2, 0.25) is 0 Å². The summed E-state index contributed by atoms with van der Waals surface area (Å²) in [5, 5.41) is 8.30. The van der Waals surface area contributed by atoms with Crippen molar-refractivity contribution in [2.75, 3.05) is 6.61 Å². The second kappa shape index (κ2) is 6.46. The third-order valence-corrected chi connectivity index (χ3v) is 1.19. The normalized spacial score (nSPS) is 10.9. The molecule has 3 heteroatoms. The lowest BCUT2D eigenvalue weighted by molar-refractivity contribution is -0.137. The molecule has 0 aromatic carbocycles. The molecule has 0 aliphatic rings. The summed E-state index contributed by atoms with van der Waals surface area (Å²) in [6.45, 7) is 5.71. The van der Waals surface area contributed by atoms with Gasteiger partial charge in [-0.25, -0.2) is 0 Å². The Kier molecular flexibility index (Phi) is 5.79. The summed E-state index contributed by atoms with van der Waals surface area (Å²) in [6.07, 6.45) is 4.31. The number of ether oxygens (including phenoxy) is 1. The van der Waals surface area contributed by atoms with Crippen LogP contribution in [-0.4, -0.2) is 17.7 Å². The van der Waals surface area contributed by atoms with Crippen LogP contribution >= 0.6 is 0 Å². The van der Waals surface area contributed by atoms with Gasteiger partial charge in [0.15, 0.2) is 0 Å². The van der Waals surface area contributed by atoms with Crippen molar-refractivity contribution < 1.29 is 14.6 Å². The molecule has 0 rings (SSSR count). The Hall–Kier alpha value is -1.25. The molecular formula is C9H14O3. The number of rotatable bonds is 6. The minimum absolute atomic E-state index is 0.0227. The van der Waals surface area contributed by atoms with Gasteiger partial charge in [0, 0.05) is 0 Å². The molecule has 3 nitrogen and oxygen atoms in total. The molecule has 0 radical (unpaired) electrons. The predicted octanol–water partition coefficient (Wildman–Crippen LogP) is 1.96. The van der Waals surface area contributed by atoms with Crippen LogP contribution in [-0.2, 0) is 9.53 Å². The summed E-state index contributed by atoms with van der Waals surface area (Å²) >= 11 is 0. The molecule has 0 fully saturated rings. The van der Waals surface area contributed by atoms with Gasteiger partial charge in [0.1, 0.15) is 5.76 Å². The van der Waals surface area contributed by atoms with Gasteiger partial charge in [-0.3, -0.25) is 4.79 Å². The minimum Gasteiger partial charge on any atom is -0.493 e. The lowest BCUT2D eigenvalue weighted by atomic mass is 10.3. The molecule has 0 aromatic heterocycles. The monoisotopic (exact) mass is 170 g/mol. The fourth-order valence-corrected chi connectivity index (χ4v) is 0.659. The van der Waals surface area contributed by atoms with Gasteiger partial charge in [0.05, 0.1) is 13.0 Å². The number of allylic oxidation sites excluding steroid dienone is 2. The van der Waals surface area contributed by atoms with Crippen molar-refractivity contribution in [2.45, 2.75) is 19.8 Å². The van der Waals surface area contributed by atoms with Gasteiger partial charge in [-0.15, -0.1) is 0 Å². The smallest absolute Gasteiger partial charge is 0.306 e. The van der Waals surface area contributed by atoms with Crippen molar-refractivity contribution in [1.82, 2.24) is 0 Å². The van der Waals surface area contributed by atoms with Gasteiger partial charge in [-0.2, -0.15) is 0 Å². The first-order chi connectivity index (χ1) is 5.70. The van der Waals surface area contributed by atoms with Crippen molar-refractivity contribution in [3.05, 3.63) is 24.5 Å². The van der Waals surface area contributed by atoms with E-state index in [1.54, 1.807) is 6.08 Å². The fourth-order valence-electron chi connectivity index (χ4n) is 0.659. The highest BCUT2D eigenvalue weighted by atomic mass is 16.5. The first-order valence-corrected chi connectivity index (χ1v) is 3.88. The maximum absolute atomic E-state index is 10.1. The number of aliphatic carboxylic acids is 1. The third kappa shape index (κ3) is 5.53. The van der Waals surface area contributed by atoms with Crippen molar-refractivity contribution in [1.29, 1.82) is 0 Å². The Morgan fingerprint density at radius 2 is 2.33 bits per heavy atom. The standard InChI is InChI=1S/C9H14O3/c1-3-5-8(4-2)12-7-6-9(10)11/h4-5H,2-3,6-7H2,1H3,(H,10,11)/b8-5+. The number of hydrogen-bond acceptors (Lipinski definition) is 2. The highest BCUT2D eigenvalue weighted by Crippen LogP contribution is 2.00. The fraction of sp³-hybridized carbons (Fsp3) is 0.444. The van der Waals surface area contributed by atoms with Crippen LogP contribution in [0.5, 0.6) is 0 Å². The van der Waals surface area contributed by atoms with Crippen molar-refractivity contribution in [3.8, 4) is 0 Å². The Morgan fingerprint density at radius 1 is 1.67 bits per heavy atom. The topological polar surface area (TPSA) is 46.5 Å². The molecule has 0 atom stereocenters. The van der Waals surface area contributed by atoms with Crippen LogP contribution in [0.3, 0.4) is 0 Å². The third-order valence-electron chi connectivity index (χ3n) is 1.19. The Balaban J connectivity index is 3.66. The number of carboxylic acids is 1. The van der Waals surface area contributed by atoms with Crippen molar-refractivity contribution in [2.24, 2.45) is 0 Å². The first kappa shape index (κ1) is 10.8. The van der Waals surface area contributed by atoms with Gasteiger partial charge >= 0.3 is 5.97 Å². The molecule has 12 heavy (non-hydrogen) atoms. The molecule has 0 aliphatic heterocycles. The van der Waals surface area contributed by atoms with E-state index in [4.69, 9.17) is 9.84 Å². The SMILES string of the molecule is C=C/C(=C\CC)OCCC(=O)O. The van der Waals surface area contributed by atoms with Crippen LogP contribution in [0.2, 0.25) is 0 Å². The van der Waals surface area contributed by atoms with Crippen LogP contribution in [0.4, 0.5) is 0 Å². The Morgan fingerprint density at radius 3 is 2.75 bits per heavy atom. The molecule has 0 amide bonds. The number of carboxylic acid groups (broad SMARTS) is 1. The Bertz CT molecular complexity index is 182. The molecule has 0 heterocycles. The molecule has 0 spiro atoms. The summed E-state index contributed by atoms with van der Waals surface area (Å²) in [5.41, 5.74) is 0. The summed E-state index contributed by atoms with van der Waals surface area (Å²) < 4.78 is 5.10. The molecule has 0 aliphatic carbocycles. The van der Waals surface area contributed by atoms with E-state index >= 15 is 0 Å². The summed E-state index contributed by atoms with van der Waals surface area (Å²) in [4.78, 5) is 10.1. The lowest BCUT2D eigenvalue weighted by Crippen LogP contribution is -2.01. The van der Waals surface area contributed by atoms with E-state index in [0.29, 0.717) is 5.76 Å². The van der Waals surface area contributed by atoms with Crippen molar-refractivity contribution >= 4 is 5.97 Å². The van der Waals surface area contributed by atoms with Gasteiger partial charge < -0.3 is 9.84 Å². The van der Waals surface area contributed by atoms with E-state index in [2.05, 4.69) is 6.58 Å². The highest BCUT2D eigenvalue weighted by Gasteiger charge is 1.97. The largest absolute Gasteiger partial charge is 0.493 e. The summed E-state index contributed by atoms with van der Waals surface area (Å²) in [5.74, 6) is -0.200. The van der Waals surface area contributed by atoms with Crippen LogP contribution in [0.1, 0.15) is 19.8 Å². The van der Waals surface area contributed by atoms with E-state index in [-0.39, 0.29) is 13.0 Å². The zero-order valence-electron chi connectivity index (χ0n) is 7.25. The second-order valence-electron chi connectivity index (χ2n) is 2.21. The molecule has 0 saturated carbocycles. The average Bonchev–Trinajstić information content (AvgIpc) is 2.02. The van der Waals surface area contributed by atoms with Crippen LogP contribution in [0, 0.1) is 0 Å². The van der Waals surface area contributed by atoms with Gasteiger partial charge in [-0.1, -0.05) is 13.5 Å². The van der Waals surface area contributed by atoms with E-state index in [9.17, 15) is 4.79 Å². The zero-order valence-corrected chi connectivity index (χ0v) is 7.25. The molecular weight excluding hydrogens is 156 g/mol. The number of carbonyl (C=O) groups is 1. The second-order valence-corrected chi connectivity index (χ2v) is 2.21. The van der Waals surface area contributed by atoms with Gasteiger partial charge in [0.25, 0.3) is 0 Å². The molecule has 0 aromatic rings. The Labute approximate surface area is 72.3 Å². The minimum atomic E-state index is -0.852. The van der Waals surface area contributed by atoms with E-state index in [1.165, 1.54) is 0 Å². The van der Waals surface area contributed by atoms with E-state index in [1.807, 2.05) is 13.0 Å². The zero-order chi connectivity index (χ0) is 9.40. The molecule has 1 N–H and O–H groups in total. The summed E-state index contributed by atoms with van der Waals surface area (Å²) in [6, 6.07) is 0. The molecule has 0 saturated heterocycles. The maximum Gasteiger partial charge on any atom is 0.306 e. The summed E-state index contributed by atoms with van der Waals surface area (Å²) in [7, 11) is 0. The molecule has 0 unspecified atom stereocenters. The number of hydrogen-bond donors (Lipinski definition) is 1. The van der Waals surface area contributed by atoms with E-state index < -0.39 is 5.97 Å². The first-order valence-electron chi connectivity index (χ1n) is 3.88. The highest BCUT2D eigenvalue weighted by molar-refractivity contribution is 5.66. The van der Waals surface area contributed by atoms with E-state index in [0.717, 1.165) is 6.42 Å². The van der Waals surface area contributed by atoms with Gasteiger partial charge in [-0.05, 0) is 18.6 Å². The van der Waals surface area contributed by atoms with Crippen LogP contribution in [0.15, 0.2) is 24.5 Å². The lowest BCUT2D eigenvalue weighted by Gasteiger charge is -2.03. The maximum atomic E-state index is 10.1. The van der Waals surface area contributed by atoms with Crippen LogP contribution in [0.25, 0.3) is 0 Å². The average molecular weight is 170 g/mol.